The summed E-state index contributed by atoms with van der Waals surface area (Å²) in [5, 5.41) is 17.0. The lowest BCUT2D eigenvalue weighted by Gasteiger charge is -2.26. The Morgan fingerprint density at radius 1 is 0.794 bits per heavy atom. The van der Waals surface area contributed by atoms with Gasteiger partial charge in [0, 0.05) is 6.42 Å². The summed E-state index contributed by atoms with van der Waals surface area (Å²) in [6.07, 6.45) is 1.19. The van der Waals surface area contributed by atoms with Crippen molar-refractivity contribution >= 4 is 29.6 Å². The summed E-state index contributed by atoms with van der Waals surface area (Å²) in [7, 11) is 0. The van der Waals surface area contributed by atoms with Gasteiger partial charge in [0.25, 0.3) is 0 Å². The molecule has 0 aromatic carbocycles. The van der Waals surface area contributed by atoms with Crippen LogP contribution in [0.4, 0.5) is 0 Å². The molecule has 4 atom stereocenters. The van der Waals surface area contributed by atoms with E-state index < -0.39 is 53.8 Å². The van der Waals surface area contributed by atoms with Gasteiger partial charge < -0.3 is 38.3 Å². The van der Waals surface area contributed by atoms with E-state index in [4.69, 9.17) is 17.2 Å². The van der Waals surface area contributed by atoms with Crippen molar-refractivity contribution in [2.24, 2.45) is 29.0 Å². The van der Waals surface area contributed by atoms with Crippen LogP contribution in [0.15, 0.2) is 0 Å². The van der Waals surface area contributed by atoms with Gasteiger partial charge in [0.2, 0.25) is 23.6 Å². The number of carboxylic acids is 1. The van der Waals surface area contributed by atoms with Crippen molar-refractivity contribution in [1.29, 1.82) is 0 Å². The molecule has 0 fully saturated rings. The van der Waals surface area contributed by atoms with E-state index >= 15 is 0 Å². The van der Waals surface area contributed by atoms with Gasteiger partial charge in [-0.05, 0) is 50.5 Å². The minimum atomic E-state index is -1.22. The highest BCUT2D eigenvalue weighted by atomic mass is 16.4. The fraction of sp³-hybridized carbons (Fsp3) is 0.773. The van der Waals surface area contributed by atoms with Crippen LogP contribution >= 0.6 is 0 Å². The number of unbranched alkanes of at least 4 members (excludes halogenated alkanes) is 1. The Labute approximate surface area is 201 Å². The molecule has 0 saturated carbocycles. The summed E-state index contributed by atoms with van der Waals surface area (Å²) in [4.78, 5) is 61.1. The summed E-state index contributed by atoms with van der Waals surface area (Å²) in [6.45, 7) is 7.67. The first kappa shape index (κ1) is 31.3. The van der Waals surface area contributed by atoms with Crippen molar-refractivity contribution in [3.8, 4) is 0 Å². The Kier molecular flexibility index (Phi) is 14.7. The second-order valence-corrected chi connectivity index (χ2v) is 9.21. The highest BCUT2D eigenvalue weighted by Gasteiger charge is 2.31. The van der Waals surface area contributed by atoms with E-state index in [0.717, 1.165) is 0 Å². The van der Waals surface area contributed by atoms with Crippen LogP contribution in [0, 0.1) is 11.8 Å². The number of primary amides is 1. The molecule has 0 aromatic rings. The van der Waals surface area contributed by atoms with Crippen LogP contribution in [0.5, 0.6) is 0 Å². The zero-order chi connectivity index (χ0) is 26.4. The number of carbonyl (C=O) groups excluding carboxylic acids is 4. The summed E-state index contributed by atoms with van der Waals surface area (Å²) in [6, 6.07) is -4.19. The third kappa shape index (κ3) is 12.5. The maximum absolute atomic E-state index is 13.0. The second-order valence-electron chi connectivity index (χ2n) is 9.21. The maximum atomic E-state index is 13.0. The van der Waals surface area contributed by atoms with Gasteiger partial charge >= 0.3 is 5.97 Å². The van der Waals surface area contributed by atoms with Crippen molar-refractivity contribution in [3.05, 3.63) is 0 Å². The summed E-state index contributed by atoms with van der Waals surface area (Å²) in [5.41, 5.74) is 16.5. The van der Waals surface area contributed by atoms with Crippen LogP contribution in [0.25, 0.3) is 0 Å². The molecule has 0 aromatic heterocycles. The number of carbonyl (C=O) groups is 5. The van der Waals surface area contributed by atoms with Crippen molar-refractivity contribution < 1.29 is 29.1 Å². The van der Waals surface area contributed by atoms with Gasteiger partial charge in [0.1, 0.15) is 18.1 Å². The molecular weight excluding hydrogens is 444 g/mol. The van der Waals surface area contributed by atoms with Gasteiger partial charge in [-0.25, -0.2) is 4.79 Å². The minimum absolute atomic E-state index is 0.0307. The smallest absolute Gasteiger partial charge is 0.326 e. The van der Waals surface area contributed by atoms with Crippen LogP contribution in [-0.4, -0.2) is 65.4 Å². The summed E-state index contributed by atoms with van der Waals surface area (Å²) in [5.74, 6) is -3.93. The Balaban J connectivity index is 5.53. The van der Waals surface area contributed by atoms with Crippen LogP contribution in [0.1, 0.15) is 66.2 Å². The lowest BCUT2D eigenvalue weighted by atomic mass is 10.00. The first-order valence-electron chi connectivity index (χ1n) is 11.7. The number of aliphatic carboxylic acids is 1. The molecule has 10 N–H and O–H groups in total. The number of rotatable bonds is 17. The van der Waals surface area contributed by atoms with Gasteiger partial charge in [-0.3, -0.25) is 19.2 Å². The molecule has 4 amide bonds. The SMILES string of the molecule is CC(C)CC(NC(=O)C(N)C(C)C)C(=O)NC(CCC(N)=O)C(=O)NC(CCCCN)C(=O)O. The van der Waals surface area contributed by atoms with Crippen LogP contribution in [0.3, 0.4) is 0 Å². The first-order valence-corrected chi connectivity index (χ1v) is 11.7. The Hall–Kier alpha value is -2.73. The molecule has 0 spiro atoms. The molecule has 4 unspecified atom stereocenters. The summed E-state index contributed by atoms with van der Waals surface area (Å²) >= 11 is 0. The lowest BCUT2D eigenvalue weighted by molar-refractivity contribution is -0.142. The maximum Gasteiger partial charge on any atom is 0.326 e. The minimum Gasteiger partial charge on any atom is -0.480 e. The highest BCUT2D eigenvalue weighted by Crippen LogP contribution is 2.09. The number of carboxylic acid groups (broad SMARTS) is 1. The first-order chi connectivity index (χ1) is 15.8. The van der Waals surface area contributed by atoms with Crippen LogP contribution < -0.4 is 33.2 Å². The van der Waals surface area contributed by atoms with Gasteiger partial charge in [-0.1, -0.05) is 27.7 Å². The van der Waals surface area contributed by atoms with E-state index in [1.807, 2.05) is 13.8 Å². The van der Waals surface area contributed by atoms with Crippen LogP contribution in [0.2, 0.25) is 0 Å². The fourth-order valence-corrected chi connectivity index (χ4v) is 3.12. The molecule has 196 valence electrons. The van der Waals surface area contributed by atoms with E-state index in [1.54, 1.807) is 13.8 Å². The Morgan fingerprint density at radius 3 is 1.79 bits per heavy atom. The van der Waals surface area contributed by atoms with Crippen molar-refractivity contribution in [2.45, 2.75) is 90.4 Å². The second kappa shape index (κ2) is 16.0. The molecule has 12 nitrogen and oxygen atoms in total. The lowest BCUT2D eigenvalue weighted by Crippen LogP contribution is -2.57. The largest absolute Gasteiger partial charge is 0.480 e. The van der Waals surface area contributed by atoms with Gasteiger partial charge in [0.15, 0.2) is 0 Å². The summed E-state index contributed by atoms with van der Waals surface area (Å²) < 4.78 is 0. The van der Waals surface area contributed by atoms with E-state index in [9.17, 15) is 29.1 Å². The molecule has 0 aliphatic rings. The predicted octanol–water partition coefficient (Wildman–Crippen LogP) is -1.05. The van der Waals surface area contributed by atoms with Crippen molar-refractivity contribution in [1.82, 2.24) is 16.0 Å². The topological polar surface area (TPSA) is 220 Å². The molecular formula is C22H42N6O6. The number of hydrogen-bond donors (Lipinski definition) is 7. The van der Waals surface area contributed by atoms with Gasteiger partial charge in [-0.2, -0.15) is 0 Å². The number of nitrogens with two attached hydrogens (primary N) is 3. The Morgan fingerprint density at radius 2 is 1.32 bits per heavy atom. The van der Waals surface area contributed by atoms with E-state index in [1.165, 1.54) is 0 Å². The molecule has 0 saturated heterocycles. The monoisotopic (exact) mass is 486 g/mol. The van der Waals surface area contributed by atoms with E-state index in [0.29, 0.717) is 19.4 Å². The van der Waals surface area contributed by atoms with Crippen molar-refractivity contribution in [2.75, 3.05) is 6.54 Å². The van der Waals surface area contributed by atoms with Gasteiger partial charge in [-0.15, -0.1) is 0 Å². The quantitative estimate of drug-likeness (QED) is 0.125. The van der Waals surface area contributed by atoms with E-state index in [2.05, 4.69) is 16.0 Å². The number of amides is 4. The standard InChI is InChI=1S/C22H42N6O6/c1-12(2)11-16(28-21(32)18(25)13(3)4)20(31)26-14(8-9-17(24)29)19(30)27-15(22(33)34)7-5-6-10-23/h12-16,18H,5-11,23,25H2,1-4H3,(H2,24,29)(H,26,31)(H,27,30)(H,28,32)(H,33,34). The van der Waals surface area contributed by atoms with Crippen LogP contribution in [-0.2, 0) is 24.0 Å². The van der Waals surface area contributed by atoms with Gasteiger partial charge in [0.05, 0.1) is 6.04 Å². The van der Waals surface area contributed by atoms with E-state index in [-0.39, 0.29) is 37.5 Å². The molecule has 0 aliphatic carbocycles. The highest BCUT2D eigenvalue weighted by molar-refractivity contribution is 5.94. The molecule has 0 rings (SSSR count). The average Bonchev–Trinajstić information content (AvgIpc) is 2.73. The molecule has 12 heteroatoms. The number of nitrogens with one attached hydrogen (secondary N) is 3. The molecule has 0 aliphatic heterocycles. The third-order valence-electron chi connectivity index (χ3n) is 5.23. The molecule has 0 bridgehead atoms. The molecule has 0 radical (unpaired) electrons. The fourth-order valence-electron chi connectivity index (χ4n) is 3.12. The normalized spacial score (nSPS) is 14.7. The zero-order valence-electron chi connectivity index (χ0n) is 20.6. The number of hydrogen-bond acceptors (Lipinski definition) is 7. The molecule has 34 heavy (non-hydrogen) atoms. The average molecular weight is 487 g/mol. The molecule has 0 heterocycles. The predicted molar refractivity (Wildman–Crippen MR) is 127 cm³/mol. The third-order valence-corrected chi connectivity index (χ3v) is 5.23. The van der Waals surface area contributed by atoms with Crippen molar-refractivity contribution in [3.63, 3.8) is 0 Å². The zero-order valence-corrected chi connectivity index (χ0v) is 20.6. The Bertz CT molecular complexity index is 699.